The average molecular weight is 375 g/mol. The molecule has 1 atom stereocenters. The van der Waals surface area contributed by atoms with Crippen LogP contribution in [0.3, 0.4) is 0 Å². The van der Waals surface area contributed by atoms with Gasteiger partial charge in [-0.25, -0.2) is 4.99 Å². The molecule has 0 saturated carbocycles. The van der Waals surface area contributed by atoms with Crippen molar-refractivity contribution in [1.82, 2.24) is 15.1 Å². The Morgan fingerprint density at radius 2 is 1.96 bits per heavy atom. The number of nitrogens with zero attached hydrogens (tertiary/aromatic N) is 3. The van der Waals surface area contributed by atoms with Crippen LogP contribution in [0.5, 0.6) is 5.75 Å². The molecule has 27 heavy (non-hydrogen) atoms. The summed E-state index contributed by atoms with van der Waals surface area (Å²) in [6.07, 6.45) is 1.20. The number of hydrogen-bond donors (Lipinski definition) is 1. The van der Waals surface area contributed by atoms with E-state index in [4.69, 9.17) is 14.5 Å². The van der Waals surface area contributed by atoms with Crippen LogP contribution < -0.4 is 10.1 Å². The molecule has 0 spiro atoms. The molecule has 2 saturated heterocycles. The van der Waals surface area contributed by atoms with Gasteiger partial charge >= 0.3 is 0 Å². The Morgan fingerprint density at radius 1 is 1.22 bits per heavy atom. The van der Waals surface area contributed by atoms with Gasteiger partial charge in [-0.2, -0.15) is 0 Å². The second-order valence-electron chi connectivity index (χ2n) is 7.34. The molecule has 2 aliphatic rings. The van der Waals surface area contributed by atoms with E-state index in [1.807, 2.05) is 0 Å². The molecule has 1 N–H and O–H groups in total. The molecule has 1 unspecified atom stereocenters. The fourth-order valence-corrected chi connectivity index (χ4v) is 3.93. The molecule has 2 aliphatic heterocycles. The van der Waals surface area contributed by atoms with Crippen LogP contribution in [0.25, 0.3) is 0 Å². The Morgan fingerprint density at radius 3 is 2.67 bits per heavy atom. The van der Waals surface area contributed by atoms with E-state index in [0.717, 1.165) is 57.6 Å². The predicted octanol–water partition coefficient (Wildman–Crippen LogP) is 2.05. The highest BCUT2D eigenvalue weighted by atomic mass is 16.5. The number of rotatable bonds is 6. The van der Waals surface area contributed by atoms with E-state index >= 15 is 0 Å². The number of guanidine groups is 1. The molecule has 0 aliphatic carbocycles. The Labute approximate surface area is 163 Å². The van der Waals surface area contributed by atoms with Gasteiger partial charge in [0.05, 0.1) is 19.8 Å². The number of para-hydroxylation sites is 1. The second-order valence-corrected chi connectivity index (χ2v) is 7.34. The minimum Gasteiger partial charge on any atom is -0.491 e. The smallest absolute Gasteiger partial charge is 0.194 e. The van der Waals surface area contributed by atoms with Crippen molar-refractivity contribution >= 4 is 5.96 Å². The van der Waals surface area contributed by atoms with Gasteiger partial charge in [0.1, 0.15) is 12.4 Å². The van der Waals surface area contributed by atoms with Crippen molar-refractivity contribution in [3.05, 3.63) is 29.3 Å². The van der Waals surface area contributed by atoms with Gasteiger partial charge in [0, 0.05) is 38.8 Å². The van der Waals surface area contributed by atoms with Crippen LogP contribution in [-0.2, 0) is 4.74 Å². The first kappa shape index (κ1) is 20.0. The van der Waals surface area contributed by atoms with Gasteiger partial charge in [-0.15, -0.1) is 0 Å². The molecule has 0 bridgehead atoms. The Hall–Kier alpha value is -1.79. The summed E-state index contributed by atoms with van der Waals surface area (Å²) < 4.78 is 11.5. The van der Waals surface area contributed by atoms with Crippen molar-refractivity contribution in [3.8, 4) is 5.75 Å². The lowest BCUT2D eigenvalue weighted by Gasteiger charge is -2.32. The molecule has 1 aromatic rings. The molecule has 2 fully saturated rings. The first-order chi connectivity index (χ1) is 13.2. The van der Waals surface area contributed by atoms with Gasteiger partial charge in [0.25, 0.3) is 0 Å². The first-order valence-corrected chi connectivity index (χ1v) is 10.2. The van der Waals surface area contributed by atoms with Crippen molar-refractivity contribution in [2.45, 2.75) is 33.2 Å². The minimum atomic E-state index is 0.599. The van der Waals surface area contributed by atoms with Crippen LogP contribution in [-0.4, -0.2) is 80.9 Å². The van der Waals surface area contributed by atoms with Gasteiger partial charge in [0.2, 0.25) is 0 Å². The first-order valence-electron chi connectivity index (χ1n) is 10.2. The molecule has 3 rings (SSSR count). The summed E-state index contributed by atoms with van der Waals surface area (Å²) in [6, 6.07) is 6.86. The highest BCUT2D eigenvalue weighted by Crippen LogP contribution is 2.22. The molecule has 0 amide bonds. The SMILES string of the molecule is CCNC(=NCCOc1c(C)cccc1C)N1CCC(N2CCOCC2)C1. The largest absolute Gasteiger partial charge is 0.491 e. The van der Waals surface area contributed by atoms with E-state index in [-0.39, 0.29) is 0 Å². The highest BCUT2D eigenvalue weighted by Gasteiger charge is 2.30. The van der Waals surface area contributed by atoms with E-state index in [2.05, 4.69) is 54.1 Å². The zero-order valence-electron chi connectivity index (χ0n) is 17.0. The molecule has 2 heterocycles. The standard InChI is InChI=1S/C21H34N4O2/c1-4-22-21(23-9-13-27-20-17(2)6-5-7-18(20)3)25-10-8-19(16-25)24-11-14-26-15-12-24/h5-7,19H,4,8-16H2,1-3H3,(H,22,23). The zero-order chi connectivity index (χ0) is 19.1. The third-order valence-electron chi connectivity index (χ3n) is 5.37. The van der Waals surface area contributed by atoms with Crippen molar-refractivity contribution in [2.75, 3.05) is 59.1 Å². The van der Waals surface area contributed by atoms with E-state index in [1.54, 1.807) is 0 Å². The number of morpholine rings is 1. The maximum absolute atomic E-state index is 6.00. The number of nitrogens with one attached hydrogen (secondary N) is 1. The van der Waals surface area contributed by atoms with Gasteiger partial charge in [0.15, 0.2) is 5.96 Å². The normalized spacial score (nSPS) is 21.5. The minimum absolute atomic E-state index is 0.599. The van der Waals surface area contributed by atoms with E-state index in [9.17, 15) is 0 Å². The number of aliphatic imine (C=N–C) groups is 1. The topological polar surface area (TPSA) is 49.3 Å². The van der Waals surface area contributed by atoms with E-state index in [0.29, 0.717) is 19.2 Å². The Kier molecular flexibility index (Phi) is 7.35. The summed E-state index contributed by atoms with van der Waals surface area (Å²) in [7, 11) is 0. The molecule has 0 aromatic heterocycles. The van der Waals surface area contributed by atoms with Gasteiger partial charge in [-0.3, -0.25) is 4.90 Å². The molecule has 1 aromatic carbocycles. The zero-order valence-corrected chi connectivity index (χ0v) is 17.0. The lowest BCUT2D eigenvalue weighted by Crippen LogP contribution is -2.46. The van der Waals surface area contributed by atoms with Gasteiger partial charge in [-0.05, 0) is 38.3 Å². The van der Waals surface area contributed by atoms with Gasteiger partial charge < -0.3 is 19.7 Å². The monoisotopic (exact) mass is 374 g/mol. The number of benzene rings is 1. The molecule has 6 heteroatoms. The van der Waals surface area contributed by atoms with Crippen molar-refractivity contribution < 1.29 is 9.47 Å². The maximum Gasteiger partial charge on any atom is 0.194 e. The van der Waals surface area contributed by atoms with Crippen LogP contribution in [0, 0.1) is 13.8 Å². The summed E-state index contributed by atoms with van der Waals surface area (Å²) in [6.45, 7) is 14.4. The van der Waals surface area contributed by atoms with Crippen LogP contribution in [0.15, 0.2) is 23.2 Å². The summed E-state index contributed by atoms with van der Waals surface area (Å²) in [4.78, 5) is 9.77. The van der Waals surface area contributed by atoms with Crippen molar-refractivity contribution in [1.29, 1.82) is 0 Å². The van der Waals surface area contributed by atoms with Crippen LogP contribution in [0.1, 0.15) is 24.5 Å². The van der Waals surface area contributed by atoms with Crippen LogP contribution >= 0.6 is 0 Å². The molecular weight excluding hydrogens is 340 g/mol. The van der Waals surface area contributed by atoms with Gasteiger partial charge in [-0.1, -0.05) is 18.2 Å². The lowest BCUT2D eigenvalue weighted by atomic mass is 10.1. The van der Waals surface area contributed by atoms with E-state index in [1.165, 1.54) is 17.5 Å². The number of ether oxygens (including phenoxy) is 2. The van der Waals surface area contributed by atoms with Crippen LogP contribution in [0.2, 0.25) is 0 Å². The maximum atomic E-state index is 6.00. The highest BCUT2D eigenvalue weighted by molar-refractivity contribution is 5.80. The summed E-state index contributed by atoms with van der Waals surface area (Å²) in [5, 5.41) is 3.45. The lowest BCUT2D eigenvalue weighted by molar-refractivity contribution is 0.0195. The molecular formula is C21H34N4O2. The average Bonchev–Trinajstić information content (AvgIpc) is 3.17. The fraction of sp³-hybridized carbons (Fsp3) is 0.667. The van der Waals surface area contributed by atoms with Crippen LogP contribution in [0.4, 0.5) is 0 Å². The quantitative estimate of drug-likeness (QED) is 0.469. The number of hydrogen-bond acceptors (Lipinski definition) is 4. The molecule has 150 valence electrons. The third kappa shape index (κ3) is 5.36. The third-order valence-corrected chi connectivity index (χ3v) is 5.37. The predicted molar refractivity (Wildman–Crippen MR) is 110 cm³/mol. The summed E-state index contributed by atoms with van der Waals surface area (Å²) in [5.41, 5.74) is 2.36. The fourth-order valence-electron chi connectivity index (χ4n) is 3.93. The number of aryl methyl sites for hydroxylation is 2. The second kappa shape index (κ2) is 9.95. The van der Waals surface area contributed by atoms with E-state index < -0.39 is 0 Å². The molecule has 0 radical (unpaired) electrons. The van der Waals surface area contributed by atoms with Crippen molar-refractivity contribution in [3.63, 3.8) is 0 Å². The Balaban J connectivity index is 1.52. The summed E-state index contributed by atoms with van der Waals surface area (Å²) >= 11 is 0. The molecule has 6 nitrogen and oxygen atoms in total. The van der Waals surface area contributed by atoms with Crippen molar-refractivity contribution in [2.24, 2.45) is 4.99 Å². The number of likely N-dealkylation sites (tertiary alicyclic amines) is 1. The Bertz CT molecular complexity index is 608. The summed E-state index contributed by atoms with van der Waals surface area (Å²) in [5.74, 6) is 2.00.